The number of nitrogens with one attached hydrogen (secondary N) is 1. The van der Waals surface area contributed by atoms with Crippen LogP contribution in [0.15, 0.2) is 41.3 Å². The van der Waals surface area contributed by atoms with Crippen molar-refractivity contribution in [1.29, 1.82) is 0 Å². The molecule has 1 N–H and O–H groups in total. The smallest absolute Gasteiger partial charge is 0.306 e. The van der Waals surface area contributed by atoms with Crippen LogP contribution in [-0.2, 0) is 16.1 Å². The van der Waals surface area contributed by atoms with Crippen molar-refractivity contribution in [3.8, 4) is 17.2 Å². The number of rotatable bonds is 12. The van der Waals surface area contributed by atoms with Gasteiger partial charge in [-0.25, -0.2) is 0 Å². The Morgan fingerprint density at radius 3 is 2.45 bits per heavy atom. The van der Waals surface area contributed by atoms with E-state index in [4.69, 9.17) is 18.9 Å². The number of esters is 1. The summed E-state index contributed by atoms with van der Waals surface area (Å²) in [4.78, 5) is 26.8. The number of H-pyrrole nitrogens is 1. The van der Waals surface area contributed by atoms with Crippen LogP contribution in [0.4, 0.5) is 0 Å². The van der Waals surface area contributed by atoms with E-state index in [2.05, 4.69) is 18.8 Å². The Morgan fingerprint density at radius 1 is 1.07 bits per heavy atom. The summed E-state index contributed by atoms with van der Waals surface area (Å²) in [6, 6.07) is 8.63. The number of carbonyl (C=O) groups excluding carboxylic acids is 1. The van der Waals surface area contributed by atoms with Crippen LogP contribution in [0.3, 0.4) is 0 Å². The second-order valence-corrected chi connectivity index (χ2v) is 7.01. The van der Waals surface area contributed by atoms with Crippen molar-refractivity contribution in [2.24, 2.45) is 5.92 Å². The van der Waals surface area contributed by atoms with E-state index < -0.39 is 0 Å². The highest BCUT2D eigenvalue weighted by Crippen LogP contribution is 2.17. The van der Waals surface area contributed by atoms with Crippen molar-refractivity contribution < 1.29 is 23.7 Å². The average molecular weight is 403 g/mol. The van der Waals surface area contributed by atoms with Crippen molar-refractivity contribution >= 4 is 5.97 Å². The minimum atomic E-state index is -0.346. The number of hydrogen-bond donors (Lipinski definition) is 1. The Hall–Kier alpha value is -2.96. The molecule has 1 heterocycles. The molecule has 0 unspecified atom stereocenters. The Kier molecular flexibility index (Phi) is 9.08. The third-order valence-corrected chi connectivity index (χ3v) is 4.13. The van der Waals surface area contributed by atoms with E-state index in [0.29, 0.717) is 37.0 Å². The maximum atomic E-state index is 12.0. The first-order valence-corrected chi connectivity index (χ1v) is 9.75. The molecule has 0 aliphatic carbocycles. The van der Waals surface area contributed by atoms with Crippen LogP contribution >= 0.6 is 0 Å². The topological polar surface area (TPSA) is 86.8 Å². The molecule has 0 atom stereocenters. The van der Waals surface area contributed by atoms with Gasteiger partial charge in [-0.15, -0.1) is 0 Å². The molecule has 2 rings (SSSR count). The normalized spacial score (nSPS) is 10.6. The molecule has 0 spiro atoms. The molecule has 7 heteroatoms. The van der Waals surface area contributed by atoms with Crippen molar-refractivity contribution in [3.63, 3.8) is 0 Å². The van der Waals surface area contributed by atoms with Crippen LogP contribution < -0.4 is 19.6 Å². The molecular formula is C22H29NO6. The predicted octanol–water partition coefficient (Wildman–Crippen LogP) is 3.71. The van der Waals surface area contributed by atoms with E-state index in [1.165, 1.54) is 12.3 Å². The SMILES string of the molecule is COc1ccc(OCCCC(=O)OCc2cc(=O)c(OCCC(C)C)c[nH]2)cc1. The summed E-state index contributed by atoms with van der Waals surface area (Å²) in [6.45, 7) is 5.10. The Labute approximate surface area is 170 Å². The zero-order chi connectivity index (χ0) is 21.1. The van der Waals surface area contributed by atoms with E-state index in [9.17, 15) is 9.59 Å². The van der Waals surface area contributed by atoms with Gasteiger partial charge < -0.3 is 23.9 Å². The van der Waals surface area contributed by atoms with Gasteiger partial charge in [0.1, 0.15) is 18.1 Å². The molecule has 0 amide bonds. The number of aromatic amines is 1. The third kappa shape index (κ3) is 8.29. The highest BCUT2D eigenvalue weighted by Gasteiger charge is 2.07. The average Bonchev–Trinajstić information content (AvgIpc) is 2.71. The summed E-state index contributed by atoms with van der Waals surface area (Å²) < 4.78 is 21.3. The number of ether oxygens (including phenoxy) is 4. The molecule has 1 aromatic carbocycles. The molecule has 0 saturated carbocycles. The molecule has 0 fully saturated rings. The molecule has 0 bridgehead atoms. The zero-order valence-electron chi connectivity index (χ0n) is 17.2. The number of carbonyl (C=O) groups is 1. The largest absolute Gasteiger partial charge is 0.497 e. The number of hydrogen-bond acceptors (Lipinski definition) is 6. The van der Waals surface area contributed by atoms with Gasteiger partial charge in [0.15, 0.2) is 5.75 Å². The van der Waals surface area contributed by atoms with Crippen molar-refractivity contribution in [2.75, 3.05) is 20.3 Å². The van der Waals surface area contributed by atoms with Gasteiger partial charge in [-0.05, 0) is 43.0 Å². The fourth-order valence-electron chi connectivity index (χ4n) is 2.41. The van der Waals surface area contributed by atoms with Gasteiger partial charge in [0.25, 0.3) is 0 Å². The van der Waals surface area contributed by atoms with Crippen molar-refractivity contribution in [1.82, 2.24) is 4.98 Å². The summed E-state index contributed by atoms with van der Waals surface area (Å²) in [7, 11) is 1.60. The number of pyridine rings is 1. The first-order chi connectivity index (χ1) is 14.0. The molecule has 0 aliphatic heterocycles. The van der Waals surface area contributed by atoms with Crippen LogP contribution in [0.5, 0.6) is 17.2 Å². The van der Waals surface area contributed by atoms with Crippen molar-refractivity contribution in [3.05, 3.63) is 52.4 Å². The first-order valence-electron chi connectivity index (χ1n) is 9.75. The summed E-state index contributed by atoms with van der Waals surface area (Å²) in [5.74, 6) is 1.91. The van der Waals surface area contributed by atoms with Gasteiger partial charge in [-0.1, -0.05) is 13.8 Å². The highest BCUT2D eigenvalue weighted by molar-refractivity contribution is 5.69. The zero-order valence-corrected chi connectivity index (χ0v) is 17.2. The second-order valence-electron chi connectivity index (χ2n) is 7.01. The molecule has 7 nitrogen and oxygen atoms in total. The summed E-state index contributed by atoms with van der Waals surface area (Å²) in [6.07, 6.45) is 3.15. The maximum Gasteiger partial charge on any atom is 0.306 e. The van der Waals surface area contributed by atoms with Crippen LogP contribution in [0, 0.1) is 5.92 Å². The lowest BCUT2D eigenvalue weighted by Crippen LogP contribution is -2.13. The van der Waals surface area contributed by atoms with Gasteiger partial charge in [0, 0.05) is 18.7 Å². The summed E-state index contributed by atoms with van der Waals surface area (Å²) in [5.41, 5.74) is 0.292. The molecular weight excluding hydrogens is 374 g/mol. The molecule has 0 radical (unpaired) electrons. The van der Waals surface area contributed by atoms with Gasteiger partial charge in [0.05, 0.1) is 26.0 Å². The van der Waals surface area contributed by atoms with Gasteiger partial charge in [-0.3, -0.25) is 9.59 Å². The second kappa shape index (κ2) is 11.8. The Morgan fingerprint density at radius 2 is 1.79 bits per heavy atom. The van der Waals surface area contributed by atoms with E-state index in [-0.39, 0.29) is 30.2 Å². The molecule has 158 valence electrons. The summed E-state index contributed by atoms with van der Waals surface area (Å²) in [5, 5.41) is 0. The first kappa shape index (κ1) is 22.3. The molecule has 1 aromatic heterocycles. The number of methoxy groups -OCH3 is 1. The number of benzene rings is 1. The van der Waals surface area contributed by atoms with Crippen LogP contribution in [0.2, 0.25) is 0 Å². The van der Waals surface area contributed by atoms with Gasteiger partial charge in [0.2, 0.25) is 5.43 Å². The molecule has 0 aliphatic rings. The highest BCUT2D eigenvalue weighted by atomic mass is 16.5. The lowest BCUT2D eigenvalue weighted by Gasteiger charge is -2.09. The van der Waals surface area contributed by atoms with E-state index in [0.717, 1.165) is 12.2 Å². The fraction of sp³-hybridized carbons (Fsp3) is 0.455. The van der Waals surface area contributed by atoms with Crippen LogP contribution in [0.1, 0.15) is 38.8 Å². The molecule has 0 saturated heterocycles. The third-order valence-electron chi connectivity index (χ3n) is 4.13. The van der Waals surface area contributed by atoms with Crippen LogP contribution in [0.25, 0.3) is 0 Å². The number of aromatic nitrogens is 1. The van der Waals surface area contributed by atoms with E-state index in [1.54, 1.807) is 7.11 Å². The lowest BCUT2D eigenvalue weighted by molar-refractivity contribution is -0.145. The van der Waals surface area contributed by atoms with Gasteiger partial charge in [-0.2, -0.15) is 0 Å². The minimum absolute atomic E-state index is 0.0136. The maximum absolute atomic E-state index is 12.0. The minimum Gasteiger partial charge on any atom is -0.497 e. The van der Waals surface area contributed by atoms with E-state index in [1.807, 2.05) is 24.3 Å². The quantitative estimate of drug-likeness (QED) is 0.429. The van der Waals surface area contributed by atoms with E-state index >= 15 is 0 Å². The van der Waals surface area contributed by atoms with Gasteiger partial charge >= 0.3 is 5.97 Å². The Balaban J connectivity index is 1.66. The van der Waals surface area contributed by atoms with Crippen molar-refractivity contribution in [2.45, 2.75) is 39.7 Å². The fourth-order valence-corrected chi connectivity index (χ4v) is 2.41. The standard InChI is InChI=1S/C22H29NO6/c1-16(2)10-12-28-21-14-23-17(13-20(21)24)15-29-22(25)5-4-11-27-19-8-6-18(26-3)7-9-19/h6-9,13-14,16H,4-5,10-12,15H2,1-3H3,(H,23,24). The lowest BCUT2D eigenvalue weighted by atomic mass is 10.1. The molecule has 29 heavy (non-hydrogen) atoms. The molecule has 2 aromatic rings. The Bertz CT molecular complexity index is 813. The predicted molar refractivity (Wildman–Crippen MR) is 110 cm³/mol. The van der Waals surface area contributed by atoms with Crippen LogP contribution in [-0.4, -0.2) is 31.3 Å². The summed E-state index contributed by atoms with van der Waals surface area (Å²) >= 11 is 0. The monoisotopic (exact) mass is 403 g/mol.